The fourth-order valence-corrected chi connectivity index (χ4v) is 1.67. The van der Waals surface area contributed by atoms with Gasteiger partial charge in [-0.15, -0.1) is 11.3 Å². The van der Waals surface area contributed by atoms with E-state index in [0.29, 0.717) is 12.5 Å². The molecule has 1 N–H and O–H groups in total. The molecule has 0 amide bonds. The summed E-state index contributed by atoms with van der Waals surface area (Å²) in [6.45, 7) is 4.11. The minimum Gasteiger partial charge on any atom is -0.359 e. The molecule has 0 aliphatic carbocycles. The van der Waals surface area contributed by atoms with Crippen LogP contribution in [0.2, 0.25) is 0 Å². The molecule has 0 saturated carbocycles. The highest BCUT2D eigenvalue weighted by atomic mass is 32.1. The fraction of sp³-hybridized carbons (Fsp3) is 0.500. The molecule has 1 aromatic rings. The highest BCUT2D eigenvalue weighted by molar-refractivity contribution is 7.13. The Morgan fingerprint density at radius 1 is 1.75 bits per heavy atom. The fourth-order valence-electron chi connectivity index (χ4n) is 0.799. The van der Waals surface area contributed by atoms with Gasteiger partial charge in [0.25, 0.3) is 0 Å². The second-order valence-electron chi connectivity index (χ2n) is 2.81. The van der Waals surface area contributed by atoms with E-state index in [2.05, 4.69) is 24.1 Å². The third-order valence-electron chi connectivity index (χ3n) is 1.26. The van der Waals surface area contributed by atoms with Crippen molar-refractivity contribution in [1.82, 2.24) is 4.98 Å². The van der Waals surface area contributed by atoms with Gasteiger partial charge in [-0.05, 0) is 13.8 Å². The number of aromatic nitrogens is 1. The lowest BCUT2D eigenvalue weighted by atomic mass is 10.4. The second kappa shape index (κ2) is 4.21. The van der Waals surface area contributed by atoms with Gasteiger partial charge in [0.2, 0.25) is 0 Å². The summed E-state index contributed by atoms with van der Waals surface area (Å²) in [7, 11) is 0. The zero-order chi connectivity index (χ0) is 8.97. The maximum Gasteiger partial charge on any atom is 0.183 e. The third kappa shape index (κ3) is 2.62. The van der Waals surface area contributed by atoms with E-state index >= 15 is 0 Å². The molecule has 0 unspecified atom stereocenters. The lowest BCUT2D eigenvalue weighted by molar-refractivity contribution is -0.107. The number of nitrogens with one attached hydrogen (secondary N) is 1. The van der Waals surface area contributed by atoms with Gasteiger partial charge in [0, 0.05) is 17.8 Å². The molecular weight excluding hydrogens is 172 g/mol. The van der Waals surface area contributed by atoms with E-state index in [4.69, 9.17) is 0 Å². The zero-order valence-electron chi connectivity index (χ0n) is 7.20. The quantitative estimate of drug-likeness (QED) is 0.724. The smallest absolute Gasteiger partial charge is 0.183 e. The first kappa shape index (κ1) is 9.19. The van der Waals surface area contributed by atoms with Crippen LogP contribution in [-0.4, -0.2) is 17.3 Å². The maximum absolute atomic E-state index is 10.1. The lowest BCUT2D eigenvalue weighted by Gasteiger charge is -2.03. The number of thiazole rings is 1. The molecule has 0 fully saturated rings. The average Bonchev–Trinajstić information content (AvgIpc) is 2.36. The normalized spacial score (nSPS) is 10.2. The Bertz CT molecular complexity index is 257. The van der Waals surface area contributed by atoms with Crippen molar-refractivity contribution in [2.75, 3.05) is 5.32 Å². The van der Waals surface area contributed by atoms with E-state index in [9.17, 15) is 4.79 Å². The van der Waals surface area contributed by atoms with E-state index in [1.165, 1.54) is 11.3 Å². The first-order valence-corrected chi connectivity index (χ1v) is 4.75. The van der Waals surface area contributed by atoms with Crippen molar-refractivity contribution in [2.24, 2.45) is 0 Å². The highest BCUT2D eigenvalue weighted by Gasteiger charge is 2.01. The standard InChI is InChI=1S/C8H12N2OS/c1-6(2)9-8-10-7(3-4-11)5-12-8/h4-6H,3H2,1-2H3,(H,9,10). The molecule has 1 heterocycles. The summed E-state index contributed by atoms with van der Waals surface area (Å²) in [5.74, 6) is 0. The van der Waals surface area contributed by atoms with E-state index in [0.717, 1.165) is 17.1 Å². The molecule has 4 heteroatoms. The molecule has 0 aliphatic rings. The number of hydrogen-bond acceptors (Lipinski definition) is 4. The molecule has 0 spiro atoms. The van der Waals surface area contributed by atoms with Crippen LogP contribution in [0.1, 0.15) is 19.5 Å². The van der Waals surface area contributed by atoms with Gasteiger partial charge in [0.05, 0.1) is 5.69 Å². The second-order valence-corrected chi connectivity index (χ2v) is 3.67. The molecule has 1 aromatic heterocycles. The topological polar surface area (TPSA) is 42.0 Å². The van der Waals surface area contributed by atoms with E-state index < -0.39 is 0 Å². The van der Waals surface area contributed by atoms with Crippen LogP contribution in [0, 0.1) is 0 Å². The van der Waals surface area contributed by atoms with Gasteiger partial charge in [0.1, 0.15) is 6.29 Å². The van der Waals surface area contributed by atoms with Crippen molar-refractivity contribution in [3.63, 3.8) is 0 Å². The summed E-state index contributed by atoms with van der Waals surface area (Å²) >= 11 is 1.54. The van der Waals surface area contributed by atoms with Crippen LogP contribution in [0.15, 0.2) is 5.38 Å². The van der Waals surface area contributed by atoms with Crippen LogP contribution in [0.5, 0.6) is 0 Å². The van der Waals surface area contributed by atoms with Crippen molar-refractivity contribution in [2.45, 2.75) is 26.3 Å². The van der Waals surface area contributed by atoms with Crippen LogP contribution in [0.4, 0.5) is 5.13 Å². The van der Waals surface area contributed by atoms with Gasteiger partial charge < -0.3 is 10.1 Å². The Morgan fingerprint density at radius 2 is 2.50 bits per heavy atom. The number of carbonyl (C=O) groups is 1. The Hall–Kier alpha value is -0.900. The van der Waals surface area contributed by atoms with Crippen molar-refractivity contribution in [3.05, 3.63) is 11.1 Å². The number of carbonyl (C=O) groups excluding carboxylic acids is 1. The van der Waals surface area contributed by atoms with Crippen LogP contribution in [0.3, 0.4) is 0 Å². The molecule has 0 saturated heterocycles. The molecule has 0 atom stereocenters. The van der Waals surface area contributed by atoms with Gasteiger partial charge in [-0.25, -0.2) is 4.98 Å². The summed E-state index contributed by atoms with van der Waals surface area (Å²) in [6.07, 6.45) is 1.28. The molecule has 66 valence electrons. The Balaban J connectivity index is 2.57. The van der Waals surface area contributed by atoms with Crippen LogP contribution in [0.25, 0.3) is 0 Å². The first-order valence-electron chi connectivity index (χ1n) is 3.87. The van der Waals surface area contributed by atoms with Crippen molar-refractivity contribution in [1.29, 1.82) is 0 Å². The Morgan fingerprint density at radius 3 is 3.08 bits per heavy atom. The molecule has 0 aliphatic heterocycles. The zero-order valence-corrected chi connectivity index (χ0v) is 8.02. The predicted molar refractivity (Wildman–Crippen MR) is 50.6 cm³/mol. The SMILES string of the molecule is CC(C)Nc1nc(CC=O)cs1. The Labute approximate surface area is 75.8 Å². The molecule has 1 rings (SSSR count). The van der Waals surface area contributed by atoms with Crippen molar-refractivity contribution < 1.29 is 4.79 Å². The van der Waals surface area contributed by atoms with Gasteiger partial charge >= 0.3 is 0 Å². The maximum atomic E-state index is 10.1. The Kier molecular flexibility index (Phi) is 3.22. The number of nitrogens with zero attached hydrogens (tertiary/aromatic N) is 1. The van der Waals surface area contributed by atoms with Gasteiger partial charge in [-0.2, -0.15) is 0 Å². The molecule has 0 bridgehead atoms. The summed E-state index contributed by atoms with van der Waals surface area (Å²) in [6, 6.07) is 0.389. The summed E-state index contributed by atoms with van der Waals surface area (Å²) in [5.41, 5.74) is 0.846. The predicted octanol–water partition coefficient (Wildman–Crippen LogP) is 1.70. The van der Waals surface area contributed by atoms with Crippen molar-refractivity contribution in [3.8, 4) is 0 Å². The number of rotatable bonds is 4. The van der Waals surface area contributed by atoms with Crippen LogP contribution < -0.4 is 5.32 Å². The van der Waals surface area contributed by atoms with Gasteiger partial charge in [-0.3, -0.25) is 0 Å². The van der Waals surface area contributed by atoms with Crippen LogP contribution >= 0.6 is 11.3 Å². The van der Waals surface area contributed by atoms with Crippen LogP contribution in [-0.2, 0) is 11.2 Å². The minimum absolute atomic E-state index is 0.389. The van der Waals surface area contributed by atoms with E-state index in [1.807, 2.05) is 5.38 Å². The summed E-state index contributed by atoms with van der Waals surface area (Å²) in [5, 5.41) is 5.97. The largest absolute Gasteiger partial charge is 0.359 e. The number of anilines is 1. The number of hydrogen-bond donors (Lipinski definition) is 1. The lowest BCUT2D eigenvalue weighted by Crippen LogP contribution is -2.09. The highest BCUT2D eigenvalue weighted by Crippen LogP contribution is 2.15. The third-order valence-corrected chi connectivity index (χ3v) is 2.08. The first-order chi connectivity index (χ1) is 5.72. The minimum atomic E-state index is 0.389. The number of aldehydes is 1. The molecule has 3 nitrogen and oxygen atoms in total. The summed E-state index contributed by atoms with van der Waals surface area (Å²) < 4.78 is 0. The van der Waals surface area contributed by atoms with Gasteiger partial charge in [0.15, 0.2) is 5.13 Å². The average molecular weight is 184 g/mol. The summed E-state index contributed by atoms with van der Waals surface area (Å²) in [4.78, 5) is 14.4. The van der Waals surface area contributed by atoms with E-state index in [-0.39, 0.29) is 0 Å². The van der Waals surface area contributed by atoms with Gasteiger partial charge in [-0.1, -0.05) is 0 Å². The molecule has 0 aromatic carbocycles. The van der Waals surface area contributed by atoms with Crippen molar-refractivity contribution >= 4 is 22.8 Å². The molecule has 0 radical (unpaired) electrons. The van der Waals surface area contributed by atoms with E-state index in [1.54, 1.807) is 0 Å². The molecule has 12 heavy (non-hydrogen) atoms. The molecular formula is C8H12N2OS. The monoisotopic (exact) mass is 184 g/mol.